The van der Waals surface area contributed by atoms with E-state index in [-0.39, 0.29) is 11.7 Å². The van der Waals surface area contributed by atoms with Gasteiger partial charge in [0.1, 0.15) is 5.82 Å². The Morgan fingerprint density at radius 3 is 2.27 bits per heavy atom. The molecule has 0 bridgehead atoms. The second kappa shape index (κ2) is 12.7. The van der Waals surface area contributed by atoms with Gasteiger partial charge in [-0.3, -0.25) is 25.2 Å². The first kappa shape index (κ1) is 26.6. The van der Waals surface area contributed by atoms with Gasteiger partial charge < -0.3 is 4.90 Å². The van der Waals surface area contributed by atoms with E-state index in [1.54, 1.807) is 29.7 Å². The fourth-order valence-corrected chi connectivity index (χ4v) is 4.96. The normalized spacial score (nSPS) is 14.9. The molecule has 1 fully saturated rings. The molecule has 1 amide bonds. The van der Waals surface area contributed by atoms with Crippen molar-refractivity contribution in [2.24, 2.45) is 0 Å². The molecule has 3 aromatic carbocycles. The van der Waals surface area contributed by atoms with E-state index in [9.17, 15) is 9.18 Å². The van der Waals surface area contributed by atoms with Crippen molar-refractivity contribution >= 4 is 17.3 Å². The summed E-state index contributed by atoms with van der Waals surface area (Å²) in [6.45, 7) is 6.64. The molecule has 0 aromatic heterocycles. The average molecular weight is 507 g/mol. The molecule has 1 aliphatic rings. The first-order valence-electron chi connectivity index (χ1n) is 12.7. The predicted octanol–water partition coefficient (Wildman–Crippen LogP) is 4.96. The summed E-state index contributed by atoms with van der Waals surface area (Å²) in [7, 11) is 1.52. The van der Waals surface area contributed by atoms with Crippen LogP contribution in [0.25, 0.3) is 0 Å². The molecule has 37 heavy (non-hydrogen) atoms. The number of aryl methyl sites for hydroxylation is 1. The lowest BCUT2D eigenvalue weighted by atomic mass is 9.87. The van der Waals surface area contributed by atoms with Crippen molar-refractivity contribution in [1.82, 2.24) is 10.4 Å². The van der Waals surface area contributed by atoms with Gasteiger partial charge in [0.05, 0.1) is 18.5 Å². The molecule has 0 spiro atoms. The fourth-order valence-electron chi connectivity index (χ4n) is 4.96. The van der Waals surface area contributed by atoms with Gasteiger partial charge in [-0.25, -0.2) is 9.87 Å². The van der Waals surface area contributed by atoms with E-state index >= 15 is 0 Å². The Morgan fingerprint density at radius 2 is 1.65 bits per heavy atom. The Hall–Kier alpha value is -3.46. The van der Waals surface area contributed by atoms with Crippen LogP contribution in [0.5, 0.6) is 0 Å². The third-order valence-electron chi connectivity index (χ3n) is 7.00. The number of benzene rings is 3. The molecule has 1 aliphatic heterocycles. The van der Waals surface area contributed by atoms with Crippen LogP contribution < -0.4 is 15.9 Å². The van der Waals surface area contributed by atoms with Crippen molar-refractivity contribution in [3.8, 4) is 0 Å². The van der Waals surface area contributed by atoms with Crippen LogP contribution in [-0.4, -0.2) is 55.8 Å². The zero-order valence-electron chi connectivity index (χ0n) is 21.4. The van der Waals surface area contributed by atoms with Crippen LogP contribution in [0.2, 0.25) is 0 Å². The first-order chi connectivity index (χ1) is 18.0. The summed E-state index contributed by atoms with van der Waals surface area (Å²) in [6.07, 6.45) is 2.03. The molecule has 1 saturated heterocycles. The molecule has 3 aromatic rings. The van der Waals surface area contributed by atoms with Crippen LogP contribution in [0, 0.1) is 12.7 Å². The second-order valence-corrected chi connectivity index (χ2v) is 9.46. The van der Waals surface area contributed by atoms with Crippen LogP contribution in [0.4, 0.5) is 15.8 Å². The number of nitrogens with zero attached hydrogens (tertiary/aromatic N) is 2. The number of nitrogens with one attached hydrogen (secondary N) is 2. The van der Waals surface area contributed by atoms with Crippen molar-refractivity contribution in [3.05, 3.63) is 94.8 Å². The number of halogens is 1. The molecule has 1 unspecified atom stereocenters. The van der Waals surface area contributed by atoms with Gasteiger partial charge >= 0.3 is 0 Å². The van der Waals surface area contributed by atoms with Gasteiger partial charge in [0, 0.05) is 37.7 Å². The second-order valence-electron chi connectivity index (χ2n) is 9.46. The highest BCUT2D eigenvalue weighted by atomic mass is 19.1. The Morgan fingerprint density at radius 1 is 1.00 bits per heavy atom. The third-order valence-corrected chi connectivity index (χ3v) is 7.00. The highest BCUT2D eigenvalue weighted by Crippen LogP contribution is 2.31. The van der Waals surface area contributed by atoms with Gasteiger partial charge in [-0.2, -0.15) is 0 Å². The summed E-state index contributed by atoms with van der Waals surface area (Å²) in [5.41, 5.74) is 10.1. The minimum Gasteiger partial charge on any atom is -0.367 e. The standard InChI is InChI=1S/C29H35FN4O3/c1-21-5-7-22(8-6-21)26(23-9-12-25(30)13-10-23)4-3-15-33-16-18-34(19-17-33)28-14-11-24(29(35)31-36)20-27(28)32-37-2/h5-14,20,26,32,36H,3-4,15-19H2,1-2H3,(H,31,35). The minimum absolute atomic E-state index is 0.209. The summed E-state index contributed by atoms with van der Waals surface area (Å²) in [5.74, 6) is -0.542. The zero-order chi connectivity index (χ0) is 26.2. The molecule has 8 heteroatoms. The maximum atomic E-state index is 13.5. The molecule has 1 heterocycles. The lowest BCUT2D eigenvalue weighted by molar-refractivity contribution is 0.0706. The van der Waals surface area contributed by atoms with Crippen LogP contribution in [0.3, 0.4) is 0 Å². The largest absolute Gasteiger partial charge is 0.367 e. The average Bonchev–Trinajstić information content (AvgIpc) is 2.92. The van der Waals surface area contributed by atoms with E-state index in [0.29, 0.717) is 11.3 Å². The number of anilines is 2. The van der Waals surface area contributed by atoms with E-state index in [0.717, 1.165) is 56.8 Å². The maximum Gasteiger partial charge on any atom is 0.274 e. The Bertz CT molecular complexity index is 1120. The number of amides is 1. The van der Waals surface area contributed by atoms with E-state index in [1.165, 1.54) is 18.2 Å². The summed E-state index contributed by atoms with van der Waals surface area (Å²) in [4.78, 5) is 21.6. The fraction of sp³-hybridized carbons (Fsp3) is 0.345. The van der Waals surface area contributed by atoms with Crippen LogP contribution in [0.1, 0.15) is 45.8 Å². The molecule has 3 N–H and O–H groups in total. The molecule has 0 radical (unpaired) electrons. The number of carbonyl (C=O) groups is 1. The SMILES string of the molecule is CONc1cc(C(=O)NO)ccc1N1CCN(CCCC(c2ccc(C)cc2)c2ccc(F)cc2)CC1. The number of carbonyl (C=O) groups excluding carboxylic acids is 1. The van der Waals surface area contributed by atoms with E-state index < -0.39 is 5.91 Å². The van der Waals surface area contributed by atoms with Crippen molar-refractivity contribution in [2.45, 2.75) is 25.7 Å². The highest BCUT2D eigenvalue weighted by Gasteiger charge is 2.21. The van der Waals surface area contributed by atoms with Gasteiger partial charge in [-0.15, -0.1) is 0 Å². The molecule has 4 rings (SSSR count). The lowest BCUT2D eigenvalue weighted by Crippen LogP contribution is -2.46. The number of rotatable bonds is 10. The van der Waals surface area contributed by atoms with Gasteiger partial charge in [-0.05, 0) is 67.8 Å². The van der Waals surface area contributed by atoms with Gasteiger partial charge in [-0.1, -0.05) is 42.0 Å². The Kier molecular flexibility index (Phi) is 9.11. The zero-order valence-corrected chi connectivity index (χ0v) is 21.4. The first-order valence-corrected chi connectivity index (χ1v) is 12.7. The van der Waals surface area contributed by atoms with Crippen molar-refractivity contribution in [1.29, 1.82) is 0 Å². The van der Waals surface area contributed by atoms with Gasteiger partial charge in [0.2, 0.25) is 0 Å². The summed E-state index contributed by atoms with van der Waals surface area (Å²) in [6, 6.07) is 20.8. The van der Waals surface area contributed by atoms with Gasteiger partial charge in [0.15, 0.2) is 0 Å². The monoisotopic (exact) mass is 506 g/mol. The summed E-state index contributed by atoms with van der Waals surface area (Å²) >= 11 is 0. The predicted molar refractivity (Wildman–Crippen MR) is 144 cm³/mol. The van der Waals surface area contributed by atoms with E-state index in [4.69, 9.17) is 10.0 Å². The lowest BCUT2D eigenvalue weighted by Gasteiger charge is -2.37. The number of hydroxylamine groups is 1. The topological polar surface area (TPSA) is 77.1 Å². The van der Waals surface area contributed by atoms with Crippen LogP contribution >= 0.6 is 0 Å². The molecule has 0 aliphatic carbocycles. The Balaban J connectivity index is 1.35. The van der Waals surface area contributed by atoms with Crippen molar-refractivity contribution in [2.75, 3.05) is 50.2 Å². The molecule has 7 nitrogen and oxygen atoms in total. The summed E-state index contributed by atoms with van der Waals surface area (Å²) < 4.78 is 13.5. The van der Waals surface area contributed by atoms with Crippen LogP contribution in [0.15, 0.2) is 66.7 Å². The smallest absolute Gasteiger partial charge is 0.274 e. The molecular formula is C29H35FN4O3. The number of hydrogen-bond donors (Lipinski definition) is 3. The van der Waals surface area contributed by atoms with Crippen LogP contribution in [-0.2, 0) is 4.84 Å². The van der Waals surface area contributed by atoms with Gasteiger partial charge in [0.25, 0.3) is 5.91 Å². The maximum absolute atomic E-state index is 13.5. The number of hydrogen-bond acceptors (Lipinski definition) is 6. The Labute approximate surface area is 217 Å². The van der Waals surface area contributed by atoms with E-state index in [2.05, 4.69) is 46.5 Å². The molecule has 0 saturated carbocycles. The summed E-state index contributed by atoms with van der Waals surface area (Å²) in [5, 5.41) is 8.93. The number of piperazine rings is 1. The molecule has 196 valence electrons. The highest BCUT2D eigenvalue weighted by molar-refractivity contribution is 5.95. The third kappa shape index (κ3) is 6.85. The van der Waals surface area contributed by atoms with Crippen molar-refractivity contribution < 1.29 is 19.2 Å². The molecule has 1 atom stereocenters. The minimum atomic E-state index is -0.569. The molecular weight excluding hydrogens is 471 g/mol. The van der Waals surface area contributed by atoms with E-state index in [1.807, 2.05) is 18.2 Å². The van der Waals surface area contributed by atoms with Crippen molar-refractivity contribution in [3.63, 3.8) is 0 Å². The quantitative estimate of drug-likeness (QED) is 0.267.